The zero-order valence-corrected chi connectivity index (χ0v) is 16.0. The van der Waals surface area contributed by atoms with E-state index in [0.717, 1.165) is 57.1 Å². The molecule has 0 radical (unpaired) electrons. The molecule has 4 rings (SSSR count). The number of piperazine rings is 1. The van der Waals surface area contributed by atoms with Crippen LogP contribution in [0.1, 0.15) is 10.4 Å². The molecule has 2 aliphatic rings. The summed E-state index contributed by atoms with van der Waals surface area (Å²) in [5.41, 5.74) is 2.47. The lowest BCUT2D eigenvalue weighted by Crippen LogP contribution is -2.50. The number of anilines is 1. The van der Waals surface area contributed by atoms with Crippen LogP contribution in [0.25, 0.3) is 0 Å². The number of benzene rings is 1. The summed E-state index contributed by atoms with van der Waals surface area (Å²) < 4.78 is 5.48. The van der Waals surface area contributed by atoms with E-state index in [0.29, 0.717) is 6.54 Å². The van der Waals surface area contributed by atoms with Gasteiger partial charge in [-0.25, -0.2) is 0 Å². The number of fused-ring (bicyclic) bond motifs is 1. The second-order valence-electron chi connectivity index (χ2n) is 6.87. The van der Waals surface area contributed by atoms with Gasteiger partial charge in [-0.2, -0.15) is 0 Å². The second-order valence-corrected chi connectivity index (χ2v) is 7.87. The van der Waals surface area contributed by atoms with Crippen molar-refractivity contribution < 1.29 is 9.53 Å². The number of carbonyl (C=O) groups is 1. The van der Waals surface area contributed by atoms with Crippen LogP contribution in [0.3, 0.4) is 0 Å². The lowest BCUT2D eigenvalue weighted by Gasteiger charge is -2.37. The lowest BCUT2D eigenvalue weighted by atomic mass is 10.1. The minimum atomic E-state index is 0.257. The fourth-order valence-corrected chi connectivity index (χ4v) is 4.68. The smallest absolute Gasteiger partial charge is 0.237 e. The fourth-order valence-electron chi connectivity index (χ4n) is 3.79. The number of para-hydroxylation sites is 2. The molecule has 6 heteroatoms. The van der Waals surface area contributed by atoms with Gasteiger partial charge in [-0.1, -0.05) is 12.1 Å². The van der Waals surface area contributed by atoms with E-state index in [1.807, 2.05) is 34.4 Å². The van der Waals surface area contributed by atoms with Crippen LogP contribution in [0.15, 0.2) is 35.7 Å². The highest BCUT2D eigenvalue weighted by atomic mass is 32.1. The van der Waals surface area contributed by atoms with E-state index in [4.69, 9.17) is 4.74 Å². The maximum atomic E-state index is 12.7. The van der Waals surface area contributed by atoms with Gasteiger partial charge in [-0.15, -0.1) is 11.3 Å². The molecule has 0 N–H and O–H groups in total. The third-order valence-corrected chi connectivity index (χ3v) is 6.34. The van der Waals surface area contributed by atoms with Crippen molar-refractivity contribution in [3.8, 4) is 5.75 Å². The molecule has 2 aliphatic heterocycles. The average molecular weight is 372 g/mol. The molecule has 1 aromatic heterocycles. The first-order valence-electron chi connectivity index (χ1n) is 9.18. The number of carbonyl (C=O) groups excluding carboxylic acids is 1. The minimum Gasteiger partial charge on any atom is -0.495 e. The molecule has 1 amide bonds. The summed E-state index contributed by atoms with van der Waals surface area (Å²) in [5, 5.41) is 2.13. The molecule has 0 atom stereocenters. The van der Waals surface area contributed by atoms with Gasteiger partial charge in [-0.3, -0.25) is 9.69 Å². The van der Waals surface area contributed by atoms with Crippen molar-refractivity contribution in [2.75, 3.05) is 51.3 Å². The van der Waals surface area contributed by atoms with Crippen molar-refractivity contribution in [2.24, 2.45) is 0 Å². The maximum Gasteiger partial charge on any atom is 0.237 e. The molecule has 0 spiro atoms. The van der Waals surface area contributed by atoms with E-state index in [1.165, 1.54) is 10.4 Å². The predicted molar refractivity (Wildman–Crippen MR) is 105 cm³/mol. The minimum absolute atomic E-state index is 0.257. The molecule has 0 saturated carbocycles. The van der Waals surface area contributed by atoms with Crippen LogP contribution >= 0.6 is 11.3 Å². The fraction of sp³-hybridized carbons (Fsp3) is 0.450. The normalized spacial score (nSPS) is 17.9. The first kappa shape index (κ1) is 17.4. The monoisotopic (exact) mass is 371 g/mol. The van der Waals surface area contributed by atoms with E-state index in [1.54, 1.807) is 7.11 Å². The first-order chi connectivity index (χ1) is 12.7. The Morgan fingerprint density at radius 2 is 1.92 bits per heavy atom. The van der Waals surface area contributed by atoms with E-state index >= 15 is 0 Å². The van der Waals surface area contributed by atoms with Gasteiger partial charge >= 0.3 is 0 Å². The van der Waals surface area contributed by atoms with Crippen LogP contribution in [0.4, 0.5) is 5.69 Å². The predicted octanol–water partition coefficient (Wildman–Crippen LogP) is 2.46. The van der Waals surface area contributed by atoms with Crippen molar-refractivity contribution in [2.45, 2.75) is 13.0 Å². The van der Waals surface area contributed by atoms with Crippen LogP contribution in [0, 0.1) is 0 Å². The Morgan fingerprint density at radius 3 is 2.73 bits per heavy atom. The summed E-state index contributed by atoms with van der Waals surface area (Å²) in [6.45, 7) is 5.80. The van der Waals surface area contributed by atoms with Gasteiger partial charge in [0.1, 0.15) is 5.75 Å². The Labute approximate surface area is 158 Å². The average Bonchev–Trinajstić information content (AvgIpc) is 3.16. The molecule has 1 saturated heterocycles. The van der Waals surface area contributed by atoms with Crippen LogP contribution in [0.2, 0.25) is 0 Å². The number of rotatable bonds is 4. The van der Waals surface area contributed by atoms with E-state index in [2.05, 4.69) is 27.3 Å². The van der Waals surface area contributed by atoms with Crippen molar-refractivity contribution >= 4 is 22.9 Å². The summed E-state index contributed by atoms with van der Waals surface area (Å²) in [7, 11) is 1.71. The van der Waals surface area contributed by atoms with Crippen LogP contribution in [-0.4, -0.2) is 62.1 Å². The Kier molecular flexibility index (Phi) is 5.13. The molecule has 26 heavy (non-hydrogen) atoms. The largest absolute Gasteiger partial charge is 0.495 e. The van der Waals surface area contributed by atoms with Gasteiger partial charge in [0.2, 0.25) is 5.91 Å². The van der Waals surface area contributed by atoms with Gasteiger partial charge in [0.05, 0.1) is 19.3 Å². The summed E-state index contributed by atoms with van der Waals surface area (Å²) in [4.78, 5) is 20.8. The van der Waals surface area contributed by atoms with Gasteiger partial charge in [0, 0.05) is 44.1 Å². The zero-order chi connectivity index (χ0) is 17.9. The van der Waals surface area contributed by atoms with Crippen molar-refractivity contribution in [1.82, 2.24) is 9.80 Å². The van der Waals surface area contributed by atoms with E-state index < -0.39 is 0 Å². The highest BCUT2D eigenvalue weighted by Crippen LogP contribution is 2.28. The molecule has 138 valence electrons. The maximum absolute atomic E-state index is 12.7. The molecular weight excluding hydrogens is 346 g/mol. The highest BCUT2D eigenvalue weighted by molar-refractivity contribution is 7.10. The number of hydrogen-bond acceptors (Lipinski definition) is 5. The highest BCUT2D eigenvalue weighted by Gasteiger charge is 2.25. The molecule has 0 aliphatic carbocycles. The summed E-state index contributed by atoms with van der Waals surface area (Å²) in [6, 6.07) is 10.3. The SMILES string of the molecule is COc1ccccc1N1CCN(CC(=O)N2CCc3sccc3C2)CC1. The van der Waals surface area contributed by atoms with E-state index in [9.17, 15) is 4.79 Å². The Bertz CT molecular complexity index is 768. The lowest BCUT2D eigenvalue weighted by molar-refractivity contribution is -0.133. The number of nitrogens with zero attached hydrogens (tertiary/aromatic N) is 3. The topological polar surface area (TPSA) is 36.0 Å². The molecule has 3 heterocycles. The molecular formula is C20H25N3O2S. The van der Waals surface area contributed by atoms with Gasteiger partial charge in [0.15, 0.2) is 0 Å². The number of methoxy groups -OCH3 is 1. The quantitative estimate of drug-likeness (QED) is 0.827. The molecule has 0 bridgehead atoms. The van der Waals surface area contributed by atoms with Gasteiger partial charge in [0.25, 0.3) is 0 Å². The van der Waals surface area contributed by atoms with Gasteiger partial charge in [-0.05, 0) is 35.6 Å². The number of hydrogen-bond donors (Lipinski definition) is 0. The Morgan fingerprint density at radius 1 is 1.12 bits per heavy atom. The van der Waals surface area contributed by atoms with Crippen molar-refractivity contribution in [3.05, 3.63) is 46.2 Å². The zero-order valence-electron chi connectivity index (χ0n) is 15.2. The van der Waals surface area contributed by atoms with Crippen LogP contribution < -0.4 is 9.64 Å². The number of ether oxygens (including phenoxy) is 1. The Balaban J connectivity index is 1.31. The Hall–Kier alpha value is -2.05. The van der Waals surface area contributed by atoms with E-state index in [-0.39, 0.29) is 5.91 Å². The molecule has 5 nitrogen and oxygen atoms in total. The third-order valence-electron chi connectivity index (χ3n) is 5.32. The van der Waals surface area contributed by atoms with Crippen LogP contribution in [0.5, 0.6) is 5.75 Å². The van der Waals surface area contributed by atoms with Crippen molar-refractivity contribution in [3.63, 3.8) is 0 Å². The van der Waals surface area contributed by atoms with Crippen molar-refractivity contribution in [1.29, 1.82) is 0 Å². The molecule has 2 aromatic rings. The summed E-state index contributed by atoms with van der Waals surface area (Å²) >= 11 is 1.81. The standard InChI is InChI=1S/C20H25N3O2S/c1-25-18-5-3-2-4-17(18)22-11-9-21(10-12-22)15-20(24)23-8-6-19-16(14-23)7-13-26-19/h2-5,7,13H,6,8-12,14-15H2,1H3. The molecule has 1 fully saturated rings. The summed E-state index contributed by atoms with van der Waals surface area (Å²) in [5.74, 6) is 1.17. The third kappa shape index (κ3) is 3.57. The summed E-state index contributed by atoms with van der Waals surface area (Å²) in [6.07, 6.45) is 1.00. The second kappa shape index (κ2) is 7.68. The first-order valence-corrected chi connectivity index (χ1v) is 10.1. The number of amides is 1. The van der Waals surface area contributed by atoms with Crippen LogP contribution in [-0.2, 0) is 17.8 Å². The molecule has 0 unspecified atom stereocenters. The number of thiophene rings is 1. The van der Waals surface area contributed by atoms with Gasteiger partial charge < -0.3 is 14.5 Å². The molecule has 1 aromatic carbocycles.